The van der Waals surface area contributed by atoms with Crippen molar-refractivity contribution in [2.45, 2.75) is 6.10 Å². The number of aromatic nitrogens is 2. The first-order valence-electron chi connectivity index (χ1n) is 6.96. The third-order valence-corrected chi connectivity index (χ3v) is 3.74. The van der Waals surface area contributed by atoms with E-state index in [9.17, 15) is 19.5 Å². The summed E-state index contributed by atoms with van der Waals surface area (Å²) >= 11 is 10.7. The summed E-state index contributed by atoms with van der Waals surface area (Å²) in [6, 6.07) is 5.92. The average Bonchev–Trinajstić information content (AvgIpc) is 2.58. The minimum atomic E-state index is -0.749. The molecule has 0 saturated heterocycles. The van der Waals surface area contributed by atoms with Gasteiger partial charge in [0.1, 0.15) is 0 Å². The molecule has 2 rings (SSSR count). The van der Waals surface area contributed by atoms with Crippen LogP contribution in [0.3, 0.4) is 0 Å². The fourth-order valence-corrected chi connectivity index (χ4v) is 1.99. The normalized spacial score (nSPS) is 11.4. The average molecular weight is 373 g/mol. The van der Waals surface area contributed by atoms with Crippen LogP contribution in [-0.2, 0) is 14.1 Å². The van der Waals surface area contributed by atoms with Gasteiger partial charge in [-0.05, 0) is 17.7 Å². The maximum atomic E-state index is 11.1. The van der Waals surface area contributed by atoms with Gasteiger partial charge in [-0.2, -0.15) is 0 Å². The van der Waals surface area contributed by atoms with Crippen LogP contribution in [0.15, 0.2) is 46.2 Å². The number of hydrogen-bond donors (Lipinski definition) is 1. The molecule has 0 aliphatic carbocycles. The molecule has 0 saturated carbocycles. The largest absolute Gasteiger partial charge is 0.387 e. The summed E-state index contributed by atoms with van der Waals surface area (Å²) in [4.78, 5) is 33.1. The summed E-state index contributed by atoms with van der Waals surface area (Å²) < 4.78 is 2.83. The second-order valence-electron chi connectivity index (χ2n) is 5.00. The molecule has 2 heterocycles. The van der Waals surface area contributed by atoms with Crippen LogP contribution in [0.4, 0.5) is 0 Å². The number of Topliss-reactive ketones (excluding diaryl/α,β-unsaturated/α-hetero) is 1. The lowest BCUT2D eigenvalue weighted by atomic mass is 10.2. The Morgan fingerprint density at radius 2 is 1.62 bits per heavy atom. The molecule has 24 heavy (non-hydrogen) atoms. The quantitative estimate of drug-likeness (QED) is 0.650. The Balaban J connectivity index is 0.000000240. The minimum Gasteiger partial charge on any atom is -0.387 e. The molecule has 0 amide bonds. The Morgan fingerprint density at radius 1 is 1.08 bits per heavy atom. The summed E-state index contributed by atoms with van der Waals surface area (Å²) in [7, 11) is 3.27. The van der Waals surface area contributed by atoms with Gasteiger partial charge in [0.15, 0.2) is 5.78 Å². The highest BCUT2D eigenvalue weighted by molar-refractivity contribution is 6.30. The maximum absolute atomic E-state index is 11.1. The third-order valence-electron chi connectivity index (χ3n) is 3.21. The lowest BCUT2D eigenvalue weighted by Gasteiger charge is -2.06. The number of hydrogen-bond acceptors (Lipinski definition) is 4. The second kappa shape index (κ2) is 9.42. The number of rotatable bonds is 4. The van der Waals surface area contributed by atoms with Crippen molar-refractivity contribution in [3.8, 4) is 0 Å². The monoisotopic (exact) mass is 372 g/mol. The molecule has 0 unspecified atom stereocenters. The number of alkyl halides is 2. The van der Waals surface area contributed by atoms with Crippen LogP contribution in [0, 0.1) is 0 Å². The fraction of sp³-hybridized carbons (Fsp3) is 0.312. The van der Waals surface area contributed by atoms with Gasteiger partial charge >= 0.3 is 0 Å². The van der Waals surface area contributed by atoms with Crippen LogP contribution >= 0.6 is 23.2 Å². The summed E-state index contributed by atoms with van der Waals surface area (Å²) in [5.74, 6) is -0.213. The van der Waals surface area contributed by atoms with Crippen LogP contribution in [0.2, 0.25) is 0 Å². The van der Waals surface area contributed by atoms with E-state index in [-0.39, 0.29) is 28.7 Å². The molecule has 2 aromatic rings. The number of aryl methyl sites for hydroxylation is 2. The minimum absolute atomic E-state index is 0.0901. The third kappa shape index (κ3) is 5.63. The lowest BCUT2D eigenvalue weighted by Crippen LogP contribution is -2.17. The first kappa shape index (κ1) is 20.2. The van der Waals surface area contributed by atoms with Crippen molar-refractivity contribution < 1.29 is 9.90 Å². The Bertz CT molecular complexity index is 814. The van der Waals surface area contributed by atoms with Crippen molar-refractivity contribution in [2.24, 2.45) is 14.1 Å². The van der Waals surface area contributed by atoms with Crippen LogP contribution in [-0.4, -0.2) is 31.8 Å². The zero-order valence-corrected chi connectivity index (χ0v) is 14.8. The van der Waals surface area contributed by atoms with Crippen molar-refractivity contribution in [1.82, 2.24) is 9.13 Å². The lowest BCUT2D eigenvalue weighted by molar-refractivity contribution is 0.102. The molecule has 0 bridgehead atoms. The first-order chi connectivity index (χ1) is 11.3. The van der Waals surface area contributed by atoms with Gasteiger partial charge in [-0.15, -0.1) is 23.2 Å². The van der Waals surface area contributed by atoms with E-state index in [4.69, 9.17) is 23.2 Å². The van der Waals surface area contributed by atoms with Crippen molar-refractivity contribution >= 4 is 29.0 Å². The Hall–Kier alpha value is -1.89. The van der Waals surface area contributed by atoms with E-state index in [1.165, 1.54) is 21.3 Å². The Kier molecular flexibility index (Phi) is 7.91. The second-order valence-corrected chi connectivity index (χ2v) is 5.58. The number of aliphatic hydroxyl groups is 1. The number of carbonyl (C=O) groups excluding carboxylic acids is 1. The number of ketones is 1. The highest BCUT2D eigenvalue weighted by Crippen LogP contribution is 2.10. The van der Waals surface area contributed by atoms with Gasteiger partial charge in [-0.3, -0.25) is 14.4 Å². The highest BCUT2D eigenvalue weighted by Gasteiger charge is 2.06. The number of carbonyl (C=O) groups is 1. The maximum Gasteiger partial charge on any atom is 0.250 e. The Labute approximate surface area is 148 Å². The van der Waals surface area contributed by atoms with Gasteiger partial charge in [-0.25, -0.2) is 0 Å². The van der Waals surface area contributed by atoms with E-state index in [0.29, 0.717) is 11.1 Å². The number of halogens is 2. The Morgan fingerprint density at radius 3 is 2.08 bits per heavy atom. The standard InChI is InChI=1S/C8H10ClNO2.C8H8ClNO2/c2*1-10-3-2-6(4-8(10)12)7(11)5-9/h2-4,7,11H,5H2,1H3;2-4H,5H2,1H3/t7-;/m0./s1. The topological polar surface area (TPSA) is 81.3 Å². The first-order valence-corrected chi connectivity index (χ1v) is 8.03. The van der Waals surface area contributed by atoms with Gasteiger partial charge in [0.25, 0.3) is 11.1 Å². The zero-order chi connectivity index (χ0) is 18.3. The number of pyridine rings is 2. The van der Waals surface area contributed by atoms with E-state index in [2.05, 4.69) is 0 Å². The van der Waals surface area contributed by atoms with E-state index >= 15 is 0 Å². The van der Waals surface area contributed by atoms with Gasteiger partial charge in [0.2, 0.25) is 0 Å². The summed E-state index contributed by atoms with van der Waals surface area (Å²) in [6.45, 7) is 0. The van der Waals surface area contributed by atoms with Crippen LogP contribution in [0.5, 0.6) is 0 Å². The van der Waals surface area contributed by atoms with Crippen molar-refractivity contribution in [2.75, 3.05) is 11.8 Å². The molecule has 0 aliphatic rings. The summed E-state index contributed by atoms with van der Waals surface area (Å²) in [5.41, 5.74) is 0.587. The number of aliphatic hydroxyl groups excluding tert-OH is 1. The van der Waals surface area contributed by atoms with Gasteiger partial charge in [0, 0.05) is 44.2 Å². The van der Waals surface area contributed by atoms with Gasteiger partial charge in [0.05, 0.1) is 17.9 Å². The van der Waals surface area contributed by atoms with E-state index in [0.717, 1.165) is 0 Å². The molecule has 1 N–H and O–H groups in total. The van der Waals surface area contributed by atoms with Crippen molar-refractivity contribution in [3.05, 3.63) is 68.5 Å². The molecular weight excluding hydrogens is 355 g/mol. The van der Waals surface area contributed by atoms with Crippen LogP contribution < -0.4 is 11.1 Å². The van der Waals surface area contributed by atoms with E-state index < -0.39 is 6.10 Å². The van der Waals surface area contributed by atoms with E-state index in [1.54, 1.807) is 38.6 Å². The molecule has 0 spiro atoms. The van der Waals surface area contributed by atoms with Crippen molar-refractivity contribution in [3.63, 3.8) is 0 Å². The molecule has 6 nitrogen and oxygen atoms in total. The molecule has 0 fully saturated rings. The van der Waals surface area contributed by atoms with Crippen LogP contribution in [0.1, 0.15) is 22.0 Å². The predicted octanol–water partition coefficient (Wildman–Crippen LogP) is 1.46. The fourth-order valence-electron chi connectivity index (χ4n) is 1.66. The SMILES string of the molecule is Cn1ccc(C(=O)CCl)cc1=O.Cn1ccc([C@@H](O)CCl)cc1=O. The highest BCUT2D eigenvalue weighted by atomic mass is 35.5. The zero-order valence-electron chi connectivity index (χ0n) is 13.3. The molecule has 0 radical (unpaired) electrons. The molecule has 8 heteroatoms. The number of nitrogens with zero attached hydrogens (tertiary/aromatic N) is 2. The van der Waals surface area contributed by atoms with Crippen molar-refractivity contribution in [1.29, 1.82) is 0 Å². The van der Waals surface area contributed by atoms with E-state index in [1.807, 2.05) is 0 Å². The van der Waals surface area contributed by atoms with Crippen LogP contribution in [0.25, 0.3) is 0 Å². The van der Waals surface area contributed by atoms with Gasteiger partial charge in [-0.1, -0.05) is 0 Å². The molecule has 0 aromatic carbocycles. The predicted molar refractivity (Wildman–Crippen MR) is 94.1 cm³/mol. The molecule has 1 atom stereocenters. The smallest absolute Gasteiger partial charge is 0.250 e. The molecule has 0 aliphatic heterocycles. The summed E-state index contributed by atoms with van der Waals surface area (Å²) in [6.07, 6.45) is 2.40. The molecular formula is C16H18Cl2N2O4. The van der Waals surface area contributed by atoms with Gasteiger partial charge < -0.3 is 14.2 Å². The molecule has 2 aromatic heterocycles. The molecule has 130 valence electrons. The summed E-state index contributed by atoms with van der Waals surface area (Å²) in [5, 5.41) is 9.26.